The zero-order chi connectivity index (χ0) is 21.3. The molecule has 0 heterocycles. The van der Waals surface area contributed by atoms with Crippen LogP contribution < -0.4 is 14.9 Å². The molecule has 0 saturated carbocycles. The van der Waals surface area contributed by atoms with E-state index in [1.807, 2.05) is 55.5 Å². The Kier molecular flexibility index (Phi) is 7.44. The van der Waals surface area contributed by atoms with Crippen LogP contribution in [0.1, 0.15) is 37.0 Å². The predicted molar refractivity (Wildman–Crippen MR) is 122 cm³/mol. The molecule has 0 aliphatic rings. The van der Waals surface area contributed by atoms with Gasteiger partial charge in [0.15, 0.2) is 6.61 Å². The highest BCUT2D eigenvalue weighted by Crippen LogP contribution is 2.26. The van der Waals surface area contributed by atoms with Gasteiger partial charge in [0.1, 0.15) is 11.5 Å². The summed E-state index contributed by atoms with van der Waals surface area (Å²) >= 11 is 0. The van der Waals surface area contributed by atoms with Gasteiger partial charge in [-0.1, -0.05) is 50.2 Å². The monoisotopic (exact) mass is 404 g/mol. The van der Waals surface area contributed by atoms with E-state index in [4.69, 9.17) is 9.47 Å². The number of aryl methyl sites for hydroxylation is 2. The Morgan fingerprint density at radius 3 is 2.70 bits per heavy atom. The van der Waals surface area contributed by atoms with E-state index in [2.05, 4.69) is 30.4 Å². The minimum atomic E-state index is -0.318. The maximum atomic E-state index is 12.2. The number of nitrogens with one attached hydrogen (secondary N) is 1. The number of fused-ring (bicyclic) bond motifs is 1. The second-order valence-electron chi connectivity index (χ2n) is 7.14. The molecule has 0 aliphatic heterocycles. The molecule has 0 bridgehead atoms. The third-order valence-electron chi connectivity index (χ3n) is 4.66. The molecule has 5 heteroatoms. The molecule has 0 spiro atoms. The molecule has 0 fully saturated rings. The molecular weight excluding hydrogens is 376 g/mol. The molecule has 0 saturated heterocycles. The number of benzene rings is 3. The van der Waals surface area contributed by atoms with Crippen molar-refractivity contribution >= 4 is 22.9 Å². The minimum Gasteiger partial charge on any atom is -0.493 e. The number of amides is 1. The molecule has 3 aromatic rings. The highest BCUT2D eigenvalue weighted by Gasteiger charge is 2.08. The van der Waals surface area contributed by atoms with E-state index in [9.17, 15) is 4.79 Å². The van der Waals surface area contributed by atoms with Crippen LogP contribution in [0.25, 0.3) is 10.8 Å². The van der Waals surface area contributed by atoms with E-state index in [1.165, 1.54) is 5.56 Å². The van der Waals surface area contributed by atoms with Gasteiger partial charge in [-0.3, -0.25) is 4.79 Å². The first kappa shape index (κ1) is 21.4. The molecule has 156 valence electrons. The Balaban J connectivity index is 1.68. The van der Waals surface area contributed by atoms with Crippen molar-refractivity contribution in [1.82, 2.24) is 5.43 Å². The zero-order valence-electron chi connectivity index (χ0n) is 17.8. The second kappa shape index (κ2) is 10.4. The second-order valence-corrected chi connectivity index (χ2v) is 7.14. The van der Waals surface area contributed by atoms with Crippen LogP contribution in [-0.4, -0.2) is 25.3 Å². The van der Waals surface area contributed by atoms with Crippen molar-refractivity contribution in [1.29, 1.82) is 0 Å². The lowest BCUT2D eigenvalue weighted by Gasteiger charge is -2.11. The average Bonchev–Trinajstić information content (AvgIpc) is 2.76. The predicted octanol–water partition coefficient (Wildman–Crippen LogP) is 5.03. The van der Waals surface area contributed by atoms with Gasteiger partial charge < -0.3 is 9.47 Å². The van der Waals surface area contributed by atoms with Crippen molar-refractivity contribution in [2.75, 3.05) is 13.2 Å². The van der Waals surface area contributed by atoms with E-state index < -0.39 is 0 Å². The highest BCUT2D eigenvalue weighted by atomic mass is 16.5. The van der Waals surface area contributed by atoms with Gasteiger partial charge in [0.05, 0.1) is 12.8 Å². The molecule has 3 rings (SSSR count). The molecule has 0 unspecified atom stereocenters. The lowest BCUT2D eigenvalue weighted by atomic mass is 10.0. The summed E-state index contributed by atoms with van der Waals surface area (Å²) in [5, 5.41) is 6.25. The number of hydrogen-bond donors (Lipinski definition) is 1. The van der Waals surface area contributed by atoms with Crippen molar-refractivity contribution in [3.8, 4) is 11.5 Å². The summed E-state index contributed by atoms with van der Waals surface area (Å²) in [6.07, 6.45) is 3.46. The normalized spacial score (nSPS) is 11.0. The first-order chi connectivity index (χ1) is 14.6. The number of ether oxygens (including phenoxy) is 2. The van der Waals surface area contributed by atoms with Crippen molar-refractivity contribution in [3.05, 3.63) is 71.3 Å². The number of carbonyl (C=O) groups is 1. The molecule has 1 N–H and O–H groups in total. The summed E-state index contributed by atoms with van der Waals surface area (Å²) in [6.45, 7) is 6.69. The summed E-state index contributed by atoms with van der Waals surface area (Å²) in [7, 11) is 0. The SMILES string of the molecule is CCCOc1ccc2ccccc2c1/C=N/NC(=O)COc1cc(C)cc(CC)c1. The fourth-order valence-corrected chi connectivity index (χ4v) is 3.21. The standard InChI is InChI=1S/C25H28N2O3/c1-4-12-29-24-11-10-20-8-6-7-9-22(20)23(24)16-26-27-25(28)17-30-21-14-18(3)13-19(5-2)15-21/h6-11,13-16H,4-5,12,17H2,1-3H3,(H,27,28)/b26-16+. The Bertz CT molecular complexity index is 1040. The number of carbonyl (C=O) groups excluding carboxylic acids is 1. The van der Waals surface area contributed by atoms with Gasteiger partial charge in [0.2, 0.25) is 0 Å². The van der Waals surface area contributed by atoms with E-state index in [0.29, 0.717) is 12.4 Å². The Labute approximate surface area is 177 Å². The summed E-state index contributed by atoms with van der Waals surface area (Å²) in [5.41, 5.74) is 5.67. The van der Waals surface area contributed by atoms with Gasteiger partial charge in [0.25, 0.3) is 5.91 Å². The van der Waals surface area contributed by atoms with Gasteiger partial charge >= 0.3 is 0 Å². The van der Waals surface area contributed by atoms with Gasteiger partial charge in [-0.2, -0.15) is 5.10 Å². The molecule has 5 nitrogen and oxygen atoms in total. The summed E-state index contributed by atoms with van der Waals surface area (Å²) in [4.78, 5) is 12.2. The van der Waals surface area contributed by atoms with Crippen molar-refractivity contribution < 1.29 is 14.3 Å². The lowest BCUT2D eigenvalue weighted by molar-refractivity contribution is -0.123. The van der Waals surface area contributed by atoms with Gasteiger partial charge in [-0.25, -0.2) is 5.43 Å². The number of nitrogens with zero attached hydrogens (tertiary/aromatic N) is 1. The van der Waals surface area contributed by atoms with E-state index in [-0.39, 0.29) is 12.5 Å². The Morgan fingerprint density at radius 2 is 1.90 bits per heavy atom. The van der Waals surface area contributed by atoms with E-state index in [1.54, 1.807) is 6.21 Å². The van der Waals surface area contributed by atoms with Crippen LogP contribution in [0.3, 0.4) is 0 Å². The van der Waals surface area contributed by atoms with Crippen molar-refractivity contribution in [2.24, 2.45) is 5.10 Å². The maximum absolute atomic E-state index is 12.2. The first-order valence-corrected chi connectivity index (χ1v) is 10.3. The van der Waals surface area contributed by atoms with Crippen LogP contribution in [0.4, 0.5) is 0 Å². The third-order valence-corrected chi connectivity index (χ3v) is 4.66. The fourth-order valence-electron chi connectivity index (χ4n) is 3.21. The van der Waals surface area contributed by atoms with Crippen LogP contribution in [0.2, 0.25) is 0 Å². The zero-order valence-corrected chi connectivity index (χ0v) is 17.8. The molecular formula is C25H28N2O3. The van der Waals surface area contributed by atoms with E-state index >= 15 is 0 Å². The van der Waals surface area contributed by atoms with Gasteiger partial charge in [-0.15, -0.1) is 0 Å². The first-order valence-electron chi connectivity index (χ1n) is 10.3. The summed E-state index contributed by atoms with van der Waals surface area (Å²) in [6, 6.07) is 18.0. The van der Waals surface area contributed by atoms with Crippen LogP contribution in [0, 0.1) is 6.92 Å². The lowest BCUT2D eigenvalue weighted by Crippen LogP contribution is -2.24. The van der Waals surface area contributed by atoms with Crippen LogP contribution in [0.15, 0.2) is 59.7 Å². The highest BCUT2D eigenvalue weighted by molar-refractivity contribution is 6.02. The minimum absolute atomic E-state index is 0.0985. The van der Waals surface area contributed by atoms with Crippen LogP contribution >= 0.6 is 0 Å². The summed E-state index contributed by atoms with van der Waals surface area (Å²) in [5.74, 6) is 1.12. The number of rotatable bonds is 9. The Morgan fingerprint density at radius 1 is 1.07 bits per heavy atom. The molecule has 1 amide bonds. The molecule has 0 atom stereocenters. The largest absolute Gasteiger partial charge is 0.493 e. The van der Waals surface area contributed by atoms with Gasteiger partial charge in [0, 0.05) is 5.56 Å². The van der Waals surface area contributed by atoms with Crippen molar-refractivity contribution in [3.63, 3.8) is 0 Å². The van der Waals surface area contributed by atoms with Gasteiger partial charge in [-0.05, 0) is 59.9 Å². The molecule has 0 aliphatic carbocycles. The van der Waals surface area contributed by atoms with Crippen molar-refractivity contribution in [2.45, 2.75) is 33.6 Å². The van der Waals surface area contributed by atoms with Crippen LogP contribution in [0.5, 0.6) is 11.5 Å². The molecule has 30 heavy (non-hydrogen) atoms. The quantitative estimate of drug-likeness (QED) is 0.402. The Hall–Kier alpha value is -3.34. The van der Waals surface area contributed by atoms with Crippen LogP contribution in [-0.2, 0) is 11.2 Å². The molecule has 0 radical (unpaired) electrons. The molecule has 3 aromatic carbocycles. The maximum Gasteiger partial charge on any atom is 0.277 e. The average molecular weight is 405 g/mol. The summed E-state index contributed by atoms with van der Waals surface area (Å²) < 4.78 is 11.5. The number of hydrogen-bond acceptors (Lipinski definition) is 4. The topological polar surface area (TPSA) is 59.9 Å². The number of hydrazone groups is 1. The third kappa shape index (κ3) is 5.60. The fraction of sp³-hybridized carbons (Fsp3) is 0.280. The smallest absolute Gasteiger partial charge is 0.277 e. The van der Waals surface area contributed by atoms with E-state index in [0.717, 1.165) is 40.5 Å². The molecule has 0 aromatic heterocycles.